The van der Waals surface area contributed by atoms with Crippen LogP contribution in [0, 0.1) is 0 Å². The van der Waals surface area contributed by atoms with E-state index in [4.69, 9.17) is 4.74 Å². The number of benzene rings is 1. The van der Waals surface area contributed by atoms with E-state index in [0.29, 0.717) is 11.8 Å². The Morgan fingerprint density at radius 1 is 1.24 bits per heavy atom. The highest BCUT2D eigenvalue weighted by Crippen LogP contribution is 2.33. The molecule has 1 aliphatic heterocycles. The Morgan fingerprint density at radius 2 is 1.92 bits per heavy atom. The van der Waals surface area contributed by atoms with Gasteiger partial charge in [-0.2, -0.15) is 0 Å². The monoisotopic (exact) mass is 342 g/mol. The quantitative estimate of drug-likeness (QED) is 0.793. The molecule has 1 amide bonds. The van der Waals surface area contributed by atoms with Crippen LogP contribution in [0.15, 0.2) is 24.4 Å². The lowest BCUT2D eigenvalue weighted by atomic mass is 9.88. The van der Waals surface area contributed by atoms with E-state index in [9.17, 15) is 4.79 Å². The van der Waals surface area contributed by atoms with Crippen LogP contribution in [-0.2, 0) is 4.74 Å². The Morgan fingerprint density at radius 3 is 2.52 bits per heavy atom. The molecular formula is C21H30N2O2. The molecule has 3 rings (SSSR count). The SMILES string of the molecule is CC(C)c1c[nH]c2ccc(C3CCN(C(=O)OC(C)(C)C)CC3)cc12. The van der Waals surface area contributed by atoms with E-state index in [0.717, 1.165) is 25.9 Å². The summed E-state index contributed by atoms with van der Waals surface area (Å²) in [6, 6.07) is 6.77. The first-order valence-electron chi connectivity index (χ1n) is 9.33. The van der Waals surface area contributed by atoms with Gasteiger partial charge in [0.15, 0.2) is 0 Å². The van der Waals surface area contributed by atoms with Crippen molar-refractivity contribution in [2.75, 3.05) is 13.1 Å². The normalized spacial score (nSPS) is 16.6. The first-order chi connectivity index (χ1) is 11.7. The standard InChI is InChI=1S/C21H30N2O2/c1-14(2)18-13-22-19-7-6-16(12-17(18)19)15-8-10-23(11-9-15)20(24)25-21(3,4)5/h6-7,12-15,22H,8-11H2,1-5H3. The summed E-state index contributed by atoms with van der Waals surface area (Å²) >= 11 is 0. The number of aromatic amines is 1. The molecule has 2 aromatic rings. The highest BCUT2D eigenvalue weighted by Gasteiger charge is 2.27. The molecule has 0 radical (unpaired) electrons. The maximum atomic E-state index is 12.2. The molecule has 1 fully saturated rings. The van der Waals surface area contributed by atoms with E-state index in [1.165, 1.54) is 22.0 Å². The van der Waals surface area contributed by atoms with Crippen LogP contribution in [0.25, 0.3) is 10.9 Å². The Hall–Kier alpha value is -1.97. The Balaban J connectivity index is 1.69. The van der Waals surface area contributed by atoms with Crippen LogP contribution < -0.4 is 0 Å². The number of likely N-dealkylation sites (tertiary alicyclic amines) is 1. The Kier molecular flexibility index (Phi) is 4.81. The number of nitrogens with zero attached hydrogens (tertiary/aromatic N) is 1. The van der Waals surface area contributed by atoms with Gasteiger partial charge in [-0.15, -0.1) is 0 Å². The third-order valence-electron chi connectivity index (χ3n) is 4.98. The van der Waals surface area contributed by atoms with Crippen molar-refractivity contribution >= 4 is 17.0 Å². The number of carbonyl (C=O) groups excluding carboxylic acids is 1. The summed E-state index contributed by atoms with van der Waals surface area (Å²) in [7, 11) is 0. The zero-order valence-electron chi connectivity index (χ0n) is 16.1. The van der Waals surface area contributed by atoms with E-state index in [-0.39, 0.29) is 6.09 Å². The summed E-state index contributed by atoms with van der Waals surface area (Å²) in [6.07, 6.45) is 3.93. The van der Waals surface area contributed by atoms with Gasteiger partial charge in [0.2, 0.25) is 0 Å². The molecule has 1 saturated heterocycles. The van der Waals surface area contributed by atoms with E-state index < -0.39 is 5.60 Å². The number of nitrogens with one attached hydrogen (secondary N) is 1. The van der Waals surface area contributed by atoms with Gasteiger partial charge in [-0.1, -0.05) is 19.9 Å². The van der Waals surface area contributed by atoms with Crippen LogP contribution in [0.3, 0.4) is 0 Å². The number of H-pyrrole nitrogens is 1. The molecule has 1 aromatic heterocycles. The van der Waals surface area contributed by atoms with Gasteiger partial charge >= 0.3 is 6.09 Å². The lowest BCUT2D eigenvalue weighted by Gasteiger charge is -2.33. The average molecular weight is 342 g/mol. The summed E-state index contributed by atoms with van der Waals surface area (Å²) in [6.45, 7) is 11.7. The lowest BCUT2D eigenvalue weighted by molar-refractivity contribution is 0.0205. The van der Waals surface area contributed by atoms with Crippen molar-refractivity contribution in [1.29, 1.82) is 0 Å². The predicted molar refractivity (Wildman–Crippen MR) is 102 cm³/mol. The van der Waals surface area contributed by atoms with Crippen molar-refractivity contribution in [2.45, 2.75) is 64.9 Å². The molecule has 0 aliphatic carbocycles. The first kappa shape index (κ1) is 17.8. The van der Waals surface area contributed by atoms with Crippen LogP contribution in [0.5, 0.6) is 0 Å². The number of amides is 1. The molecule has 4 nitrogen and oxygen atoms in total. The van der Waals surface area contributed by atoms with Crippen molar-refractivity contribution in [3.8, 4) is 0 Å². The van der Waals surface area contributed by atoms with Gasteiger partial charge in [-0.25, -0.2) is 4.79 Å². The van der Waals surface area contributed by atoms with E-state index >= 15 is 0 Å². The van der Waals surface area contributed by atoms with Crippen LogP contribution in [0.2, 0.25) is 0 Å². The minimum atomic E-state index is -0.430. The largest absolute Gasteiger partial charge is 0.444 e. The molecule has 0 unspecified atom stereocenters. The van der Waals surface area contributed by atoms with Gasteiger partial charge < -0.3 is 14.6 Å². The van der Waals surface area contributed by atoms with Gasteiger partial charge in [0.05, 0.1) is 0 Å². The highest BCUT2D eigenvalue weighted by atomic mass is 16.6. The summed E-state index contributed by atoms with van der Waals surface area (Å²) in [5, 5.41) is 1.34. The minimum Gasteiger partial charge on any atom is -0.444 e. The zero-order chi connectivity index (χ0) is 18.2. The number of aromatic nitrogens is 1. The van der Waals surface area contributed by atoms with Crippen LogP contribution in [0.4, 0.5) is 4.79 Å². The number of rotatable bonds is 2. The first-order valence-corrected chi connectivity index (χ1v) is 9.33. The molecule has 0 saturated carbocycles. The second-order valence-electron chi connectivity index (χ2n) is 8.45. The summed E-state index contributed by atoms with van der Waals surface area (Å²) < 4.78 is 5.49. The molecule has 0 atom stereocenters. The molecule has 4 heteroatoms. The number of hydrogen-bond acceptors (Lipinski definition) is 2. The van der Waals surface area contributed by atoms with Crippen molar-refractivity contribution in [2.24, 2.45) is 0 Å². The number of fused-ring (bicyclic) bond motifs is 1. The molecule has 2 heterocycles. The van der Waals surface area contributed by atoms with Gasteiger partial charge in [-0.3, -0.25) is 0 Å². The number of ether oxygens (including phenoxy) is 1. The molecule has 25 heavy (non-hydrogen) atoms. The summed E-state index contributed by atoms with van der Waals surface area (Å²) in [4.78, 5) is 17.4. The summed E-state index contributed by atoms with van der Waals surface area (Å²) in [5.74, 6) is 1.02. The Bertz CT molecular complexity index is 747. The maximum absolute atomic E-state index is 12.2. The third-order valence-corrected chi connectivity index (χ3v) is 4.98. The number of carbonyl (C=O) groups is 1. The fraction of sp³-hybridized carbons (Fsp3) is 0.571. The predicted octanol–water partition coefficient (Wildman–Crippen LogP) is 5.41. The molecule has 1 N–H and O–H groups in total. The Labute approximate surface area is 150 Å². The van der Waals surface area contributed by atoms with Crippen molar-refractivity contribution in [1.82, 2.24) is 9.88 Å². The topological polar surface area (TPSA) is 45.3 Å². The van der Waals surface area contributed by atoms with Gasteiger partial charge in [0.1, 0.15) is 5.60 Å². The lowest BCUT2D eigenvalue weighted by Crippen LogP contribution is -2.41. The smallest absolute Gasteiger partial charge is 0.410 e. The van der Waals surface area contributed by atoms with Crippen LogP contribution in [-0.4, -0.2) is 34.7 Å². The van der Waals surface area contributed by atoms with Crippen molar-refractivity contribution < 1.29 is 9.53 Å². The second kappa shape index (κ2) is 6.74. The van der Waals surface area contributed by atoms with E-state index in [2.05, 4.69) is 43.2 Å². The molecular weight excluding hydrogens is 312 g/mol. The average Bonchev–Trinajstić information content (AvgIpc) is 2.96. The third kappa shape index (κ3) is 4.00. The van der Waals surface area contributed by atoms with Gasteiger partial charge in [-0.05, 0) is 68.7 Å². The molecule has 1 aromatic carbocycles. The van der Waals surface area contributed by atoms with E-state index in [1.807, 2.05) is 25.7 Å². The second-order valence-corrected chi connectivity index (χ2v) is 8.45. The van der Waals surface area contributed by atoms with E-state index in [1.54, 1.807) is 0 Å². The maximum Gasteiger partial charge on any atom is 0.410 e. The summed E-state index contributed by atoms with van der Waals surface area (Å²) in [5.41, 5.74) is 3.54. The zero-order valence-corrected chi connectivity index (χ0v) is 16.1. The molecule has 136 valence electrons. The fourth-order valence-electron chi connectivity index (χ4n) is 3.61. The molecule has 1 aliphatic rings. The van der Waals surface area contributed by atoms with Crippen LogP contribution in [0.1, 0.15) is 70.4 Å². The minimum absolute atomic E-state index is 0.186. The fourth-order valence-corrected chi connectivity index (χ4v) is 3.61. The van der Waals surface area contributed by atoms with Crippen molar-refractivity contribution in [3.05, 3.63) is 35.5 Å². The number of piperidine rings is 1. The van der Waals surface area contributed by atoms with Crippen molar-refractivity contribution in [3.63, 3.8) is 0 Å². The van der Waals surface area contributed by atoms with Crippen LogP contribution >= 0.6 is 0 Å². The molecule has 0 spiro atoms. The number of hydrogen-bond donors (Lipinski definition) is 1. The molecule has 0 bridgehead atoms. The van der Waals surface area contributed by atoms with Gasteiger partial charge in [0, 0.05) is 30.2 Å². The van der Waals surface area contributed by atoms with Gasteiger partial charge in [0.25, 0.3) is 0 Å². The highest BCUT2D eigenvalue weighted by molar-refractivity contribution is 5.84.